The van der Waals surface area contributed by atoms with E-state index in [1.165, 1.54) is 9.75 Å². The molecule has 1 aliphatic carbocycles. The van der Waals surface area contributed by atoms with Crippen LogP contribution in [0.25, 0.3) is 11.3 Å². The van der Waals surface area contributed by atoms with Crippen LogP contribution in [-0.4, -0.2) is 11.1 Å². The Balaban J connectivity index is 1.60. The van der Waals surface area contributed by atoms with Crippen molar-refractivity contribution in [3.63, 3.8) is 0 Å². The van der Waals surface area contributed by atoms with Crippen LogP contribution in [0.15, 0.2) is 33.5 Å². The number of amides is 1. The van der Waals surface area contributed by atoms with Gasteiger partial charge in [0.2, 0.25) is 0 Å². The Hall–Kier alpha value is -1.92. The molecule has 3 heterocycles. The highest BCUT2D eigenvalue weighted by Crippen LogP contribution is 2.38. The van der Waals surface area contributed by atoms with Gasteiger partial charge in [0.25, 0.3) is 5.91 Å². The largest absolute Gasteiger partial charge is 0.355 e. The van der Waals surface area contributed by atoms with Gasteiger partial charge in [-0.3, -0.25) is 4.79 Å². The number of aromatic nitrogens is 1. The maximum atomic E-state index is 12.8. The third-order valence-electron chi connectivity index (χ3n) is 4.36. The first-order valence-corrected chi connectivity index (χ1v) is 9.93. The minimum absolute atomic E-state index is 0.0372. The number of nitrogens with zero attached hydrogens (tertiary/aromatic N) is 1. The van der Waals surface area contributed by atoms with Gasteiger partial charge in [-0.25, -0.2) is 0 Å². The highest BCUT2D eigenvalue weighted by Gasteiger charge is 2.29. The highest BCUT2D eigenvalue weighted by atomic mass is 32.1. The van der Waals surface area contributed by atoms with E-state index in [1.54, 1.807) is 22.7 Å². The summed E-state index contributed by atoms with van der Waals surface area (Å²) < 4.78 is 5.52. The van der Waals surface area contributed by atoms with Crippen LogP contribution in [-0.2, 0) is 12.8 Å². The summed E-state index contributed by atoms with van der Waals surface area (Å²) in [7, 11) is 0. The number of carbonyl (C=O) groups is 1. The minimum atomic E-state index is -0.134. The number of hydrogen-bond donors (Lipinski definition) is 1. The second-order valence-electron chi connectivity index (χ2n) is 5.93. The molecule has 3 aromatic heterocycles. The van der Waals surface area contributed by atoms with Gasteiger partial charge in [0, 0.05) is 20.9 Å². The molecule has 24 heavy (non-hydrogen) atoms. The fourth-order valence-electron chi connectivity index (χ4n) is 3.20. The summed E-state index contributed by atoms with van der Waals surface area (Å²) in [5.41, 5.74) is 2.48. The quantitative estimate of drug-likeness (QED) is 0.710. The van der Waals surface area contributed by atoms with Crippen LogP contribution in [0.5, 0.6) is 0 Å². The molecule has 0 aliphatic heterocycles. The summed E-state index contributed by atoms with van der Waals surface area (Å²) >= 11 is 3.41. The summed E-state index contributed by atoms with van der Waals surface area (Å²) in [6.45, 7) is 2.13. The first kappa shape index (κ1) is 15.6. The number of carbonyl (C=O) groups excluding carboxylic acids is 1. The molecule has 0 spiro atoms. The van der Waals surface area contributed by atoms with Crippen molar-refractivity contribution in [1.82, 2.24) is 10.5 Å². The van der Waals surface area contributed by atoms with Crippen molar-refractivity contribution in [3.8, 4) is 11.3 Å². The molecule has 4 nitrogen and oxygen atoms in total. The first-order chi connectivity index (χ1) is 11.8. The molecule has 1 atom stereocenters. The molecule has 1 aliphatic rings. The van der Waals surface area contributed by atoms with Crippen molar-refractivity contribution in [2.24, 2.45) is 0 Å². The molecule has 0 unspecified atom stereocenters. The Morgan fingerprint density at radius 3 is 3.04 bits per heavy atom. The van der Waals surface area contributed by atoms with E-state index in [4.69, 9.17) is 4.52 Å². The molecule has 1 amide bonds. The van der Waals surface area contributed by atoms with Crippen LogP contribution in [0.4, 0.5) is 0 Å². The number of rotatable bonds is 5. The molecule has 3 aromatic rings. The Morgan fingerprint density at radius 2 is 2.25 bits per heavy atom. The second kappa shape index (κ2) is 6.53. The molecule has 0 aromatic carbocycles. The van der Waals surface area contributed by atoms with Crippen LogP contribution >= 0.6 is 22.7 Å². The van der Waals surface area contributed by atoms with E-state index in [9.17, 15) is 4.79 Å². The van der Waals surface area contributed by atoms with Gasteiger partial charge in [0.05, 0.1) is 6.04 Å². The zero-order chi connectivity index (χ0) is 16.5. The molecule has 4 rings (SSSR count). The molecular formula is C18H18N2O2S2. The Labute approximate surface area is 148 Å². The zero-order valence-corrected chi connectivity index (χ0v) is 15.0. The molecule has 0 saturated carbocycles. The minimum Gasteiger partial charge on any atom is -0.355 e. The molecule has 0 bridgehead atoms. The van der Waals surface area contributed by atoms with Crippen molar-refractivity contribution in [1.29, 1.82) is 0 Å². The fourth-order valence-corrected chi connectivity index (χ4v) is 4.89. The average Bonchev–Trinajstić information content (AvgIpc) is 3.32. The SMILES string of the molecule is CCC[C@H](NC(=O)c1noc2c1CCc1sccc1-2)c1cccs1. The number of aryl methyl sites for hydroxylation is 1. The Bertz CT molecular complexity index is 848. The van der Waals surface area contributed by atoms with Gasteiger partial charge in [-0.1, -0.05) is 24.6 Å². The third kappa shape index (κ3) is 2.70. The lowest BCUT2D eigenvalue weighted by molar-refractivity contribution is 0.0925. The molecule has 0 radical (unpaired) electrons. The zero-order valence-electron chi connectivity index (χ0n) is 13.4. The summed E-state index contributed by atoms with van der Waals surface area (Å²) in [5.74, 6) is 0.636. The van der Waals surface area contributed by atoms with E-state index in [-0.39, 0.29) is 11.9 Å². The van der Waals surface area contributed by atoms with Crippen LogP contribution in [0, 0.1) is 0 Å². The van der Waals surface area contributed by atoms with Gasteiger partial charge in [-0.05, 0) is 42.2 Å². The second-order valence-corrected chi connectivity index (χ2v) is 7.91. The topological polar surface area (TPSA) is 55.1 Å². The van der Waals surface area contributed by atoms with Gasteiger partial charge in [0.1, 0.15) is 0 Å². The van der Waals surface area contributed by atoms with Crippen LogP contribution < -0.4 is 5.32 Å². The number of thiophene rings is 2. The van der Waals surface area contributed by atoms with Crippen LogP contribution in [0.2, 0.25) is 0 Å². The predicted molar refractivity (Wildman–Crippen MR) is 96.7 cm³/mol. The molecule has 0 saturated heterocycles. The maximum absolute atomic E-state index is 12.8. The highest BCUT2D eigenvalue weighted by molar-refractivity contribution is 7.10. The number of fused-ring (bicyclic) bond motifs is 3. The standard InChI is InChI=1S/C18H18N2O2S2/c1-2-4-13(15-5-3-9-23-15)19-18(21)16-12-6-7-14-11(8-10-24-14)17(12)22-20-16/h3,5,8-10,13H,2,4,6-7H2,1H3,(H,19,21)/t13-/m0/s1. The summed E-state index contributed by atoms with van der Waals surface area (Å²) in [6.07, 6.45) is 3.69. The van der Waals surface area contributed by atoms with Gasteiger partial charge in [-0.15, -0.1) is 22.7 Å². The van der Waals surface area contributed by atoms with E-state index in [1.807, 2.05) is 11.4 Å². The summed E-state index contributed by atoms with van der Waals surface area (Å²) in [5, 5.41) is 11.3. The smallest absolute Gasteiger partial charge is 0.274 e. The van der Waals surface area contributed by atoms with Crippen LogP contribution in [0.3, 0.4) is 0 Å². The fraction of sp³-hybridized carbons (Fsp3) is 0.333. The summed E-state index contributed by atoms with van der Waals surface area (Å²) in [6, 6.07) is 6.18. The maximum Gasteiger partial charge on any atom is 0.274 e. The van der Waals surface area contributed by atoms with E-state index < -0.39 is 0 Å². The molecule has 124 valence electrons. The average molecular weight is 358 g/mol. The monoisotopic (exact) mass is 358 g/mol. The first-order valence-electron chi connectivity index (χ1n) is 8.17. The van der Waals surface area contributed by atoms with Crippen LogP contribution in [0.1, 0.15) is 51.6 Å². The van der Waals surface area contributed by atoms with E-state index in [2.05, 4.69) is 34.9 Å². The number of nitrogens with one attached hydrogen (secondary N) is 1. The van der Waals surface area contributed by atoms with Gasteiger partial charge in [-0.2, -0.15) is 0 Å². The lowest BCUT2D eigenvalue weighted by Crippen LogP contribution is -2.29. The van der Waals surface area contributed by atoms with E-state index in [0.29, 0.717) is 5.69 Å². The van der Waals surface area contributed by atoms with Gasteiger partial charge < -0.3 is 9.84 Å². The molecule has 1 N–H and O–H groups in total. The Morgan fingerprint density at radius 1 is 1.33 bits per heavy atom. The van der Waals surface area contributed by atoms with Crippen molar-refractivity contribution in [2.45, 2.75) is 38.6 Å². The van der Waals surface area contributed by atoms with Crippen molar-refractivity contribution >= 4 is 28.6 Å². The lowest BCUT2D eigenvalue weighted by Gasteiger charge is -2.16. The summed E-state index contributed by atoms with van der Waals surface area (Å²) in [4.78, 5) is 15.3. The number of hydrogen-bond acceptors (Lipinski definition) is 5. The van der Waals surface area contributed by atoms with E-state index in [0.717, 1.165) is 42.6 Å². The van der Waals surface area contributed by atoms with Gasteiger partial charge in [0.15, 0.2) is 11.5 Å². The predicted octanol–water partition coefficient (Wildman–Crippen LogP) is 4.83. The van der Waals surface area contributed by atoms with Crippen molar-refractivity contribution in [2.75, 3.05) is 0 Å². The normalized spacial score (nSPS) is 14.0. The van der Waals surface area contributed by atoms with Crippen molar-refractivity contribution in [3.05, 3.63) is 50.0 Å². The van der Waals surface area contributed by atoms with Gasteiger partial charge >= 0.3 is 0 Å². The Kier molecular flexibility index (Phi) is 4.24. The molecule has 0 fully saturated rings. The molecule has 6 heteroatoms. The lowest BCUT2D eigenvalue weighted by atomic mass is 9.95. The third-order valence-corrected chi connectivity index (χ3v) is 6.33. The molecular weight excluding hydrogens is 340 g/mol. The van der Waals surface area contributed by atoms with Crippen molar-refractivity contribution < 1.29 is 9.32 Å². The van der Waals surface area contributed by atoms with E-state index >= 15 is 0 Å².